The predicted octanol–water partition coefficient (Wildman–Crippen LogP) is 3.08. The zero-order valence-corrected chi connectivity index (χ0v) is 15.5. The standard InChI is InChI=1S/C20H19N3O3S/c24-19(17-11-13-3-1-2-4-16(13)26-17)21-14-5-6-15-18(12-14)27-20(22-15)23-7-9-25-10-8-23/h1-6,12,17H,7-11H2,(H,21,24). The largest absolute Gasteiger partial charge is 0.480 e. The normalized spacial score (nSPS) is 19.0. The van der Waals surface area contributed by atoms with Crippen molar-refractivity contribution >= 4 is 38.3 Å². The van der Waals surface area contributed by atoms with Crippen molar-refractivity contribution in [1.29, 1.82) is 0 Å². The number of amides is 1. The van der Waals surface area contributed by atoms with Crippen molar-refractivity contribution in [2.45, 2.75) is 12.5 Å². The fourth-order valence-electron chi connectivity index (χ4n) is 3.43. The number of benzene rings is 2. The number of nitrogens with one attached hydrogen (secondary N) is 1. The van der Waals surface area contributed by atoms with Crippen LogP contribution in [0.5, 0.6) is 5.75 Å². The predicted molar refractivity (Wildman–Crippen MR) is 106 cm³/mol. The van der Waals surface area contributed by atoms with E-state index in [1.54, 1.807) is 11.3 Å². The van der Waals surface area contributed by atoms with Gasteiger partial charge in [0.25, 0.3) is 5.91 Å². The lowest BCUT2D eigenvalue weighted by Gasteiger charge is -2.25. The number of morpholine rings is 1. The molecule has 1 atom stereocenters. The zero-order valence-electron chi connectivity index (χ0n) is 14.7. The molecule has 0 bridgehead atoms. The van der Waals surface area contributed by atoms with Crippen LogP contribution in [0.3, 0.4) is 0 Å². The van der Waals surface area contributed by atoms with E-state index in [1.807, 2.05) is 42.5 Å². The first-order valence-electron chi connectivity index (χ1n) is 9.05. The topological polar surface area (TPSA) is 63.7 Å². The van der Waals surface area contributed by atoms with Gasteiger partial charge >= 0.3 is 0 Å². The van der Waals surface area contributed by atoms with Crippen molar-refractivity contribution in [1.82, 2.24) is 4.98 Å². The molecule has 1 unspecified atom stereocenters. The fraction of sp³-hybridized carbons (Fsp3) is 0.300. The van der Waals surface area contributed by atoms with Crippen molar-refractivity contribution in [3.63, 3.8) is 0 Å². The molecule has 6 nitrogen and oxygen atoms in total. The molecule has 1 aromatic heterocycles. The van der Waals surface area contributed by atoms with Gasteiger partial charge in [0, 0.05) is 25.2 Å². The Hall–Kier alpha value is -2.64. The highest BCUT2D eigenvalue weighted by atomic mass is 32.1. The SMILES string of the molecule is O=C(Nc1ccc2nc(N3CCOCC3)sc2c1)C1Cc2ccccc2O1. The smallest absolute Gasteiger partial charge is 0.265 e. The number of hydrogen-bond donors (Lipinski definition) is 1. The van der Waals surface area contributed by atoms with E-state index in [9.17, 15) is 4.79 Å². The van der Waals surface area contributed by atoms with Gasteiger partial charge in [-0.1, -0.05) is 29.5 Å². The fourth-order valence-corrected chi connectivity index (χ4v) is 4.49. The third-order valence-corrected chi connectivity index (χ3v) is 5.94. The van der Waals surface area contributed by atoms with Crippen LogP contribution in [-0.4, -0.2) is 43.3 Å². The van der Waals surface area contributed by atoms with Crippen molar-refractivity contribution < 1.29 is 14.3 Å². The summed E-state index contributed by atoms with van der Waals surface area (Å²) in [5.41, 5.74) is 2.79. The van der Waals surface area contributed by atoms with Gasteiger partial charge in [0.2, 0.25) is 0 Å². The van der Waals surface area contributed by atoms with Gasteiger partial charge in [-0.05, 0) is 29.8 Å². The summed E-state index contributed by atoms with van der Waals surface area (Å²) in [6.07, 6.45) is 0.120. The summed E-state index contributed by atoms with van der Waals surface area (Å²) in [5, 5.41) is 3.99. The van der Waals surface area contributed by atoms with Crippen LogP contribution in [0.25, 0.3) is 10.2 Å². The number of aromatic nitrogens is 1. The summed E-state index contributed by atoms with van der Waals surface area (Å²) < 4.78 is 12.2. The lowest BCUT2D eigenvalue weighted by Crippen LogP contribution is -2.36. The Morgan fingerprint density at radius 2 is 2.04 bits per heavy atom. The van der Waals surface area contributed by atoms with Gasteiger partial charge in [-0.3, -0.25) is 4.79 Å². The monoisotopic (exact) mass is 381 g/mol. The molecule has 5 rings (SSSR count). The molecule has 0 radical (unpaired) electrons. The number of para-hydroxylation sites is 1. The number of nitrogens with zero attached hydrogens (tertiary/aromatic N) is 2. The number of fused-ring (bicyclic) bond motifs is 2. The molecule has 1 saturated heterocycles. The van der Waals surface area contributed by atoms with Crippen LogP contribution in [0, 0.1) is 0 Å². The molecule has 7 heteroatoms. The first-order valence-corrected chi connectivity index (χ1v) is 9.87. The molecular weight excluding hydrogens is 362 g/mol. The van der Waals surface area contributed by atoms with Gasteiger partial charge in [-0.2, -0.15) is 0 Å². The van der Waals surface area contributed by atoms with E-state index in [4.69, 9.17) is 14.5 Å². The first kappa shape index (κ1) is 16.5. The summed E-state index contributed by atoms with van der Waals surface area (Å²) in [6, 6.07) is 13.6. The highest BCUT2D eigenvalue weighted by molar-refractivity contribution is 7.22. The van der Waals surface area contributed by atoms with E-state index in [1.165, 1.54) is 0 Å². The Labute approximate surface area is 160 Å². The summed E-state index contributed by atoms with van der Waals surface area (Å²) >= 11 is 1.64. The maximum absolute atomic E-state index is 12.6. The number of carbonyl (C=O) groups is 1. The van der Waals surface area contributed by atoms with Gasteiger partial charge in [-0.15, -0.1) is 0 Å². The summed E-state index contributed by atoms with van der Waals surface area (Å²) in [6.45, 7) is 3.20. The lowest BCUT2D eigenvalue weighted by molar-refractivity contribution is -0.122. The second-order valence-electron chi connectivity index (χ2n) is 6.69. The van der Waals surface area contributed by atoms with Gasteiger partial charge in [0.1, 0.15) is 5.75 Å². The molecule has 0 spiro atoms. The van der Waals surface area contributed by atoms with Crippen LogP contribution < -0.4 is 15.0 Å². The first-order chi connectivity index (χ1) is 13.3. The second-order valence-corrected chi connectivity index (χ2v) is 7.70. The Morgan fingerprint density at radius 1 is 1.19 bits per heavy atom. The third-order valence-electron chi connectivity index (χ3n) is 4.87. The minimum absolute atomic E-state index is 0.122. The number of thiazole rings is 1. The third kappa shape index (κ3) is 3.24. The molecule has 0 saturated carbocycles. The van der Waals surface area contributed by atoms with Crippen LogP contribution in [-0.2, 0) is 16.0 Å². The molecule has 2 aliphatic heterocycles. The van der Waals surface area contributed by atoms with Crippen molar-refractivity contribution in [3.05, 3.63) is 48.0 Å². The quantitative estimate of drug-likeness (QED) is 0.755. The minimum Gasteiger partial charge on any atom is -0.480 e. The van der Waals surface area contributed by atoms with Crippen LogP contribution in [0.1, 0.15) is 5.56 Å². The molecule has 1 fully saturated rings. The summed E-state index contributed by atoms with van der Waals surface area (Å²) in [4.78, 5) is 19.6. The second kappa shape index (κ2) is 6.83. The van der Waals surface area contributed by atoms with E-state index in [-0.39, 0.29) is 5.91 Å². The van der Waals surface area contributed by atoms with E-state index < -0.39 is 6.10 Å². The molecule has 3 heterocycles. The van der Waals surface area contributed by atoms with Crippen molar-refractivity contribution in [2.24, 2.45) is 0 Å². The molecule has 138 valence electrons. The summed E-state index contributed by atoms with van der Waals surface area (Å²) in [5.74, 6) is 0.675. The van der Waals surface area contributed by atoms with E-state index in [0.29, 0.717) is 6.42 Å². The van der Waals surface area contributed by atoms with Crippen molar-refractivity contribution in [2.75, 3.05) is 36.5 Å². The number of ether oxygens (including phenoxy) is 2. The molecular formula is C20H19N3O3S. The maximum Gasteiger partial charge on any atom is 0.265 e. The molecule has 27 heavy (non-hydrogen) atoms. The Kier molecular flexibility index (Phi) is 4.18. The van der Waals surface area contributed by atoms with E-state index in [0.717, 1.165) is 58.7 Å². The van der Waals surface area contributed by atoms with Crippen LogP contribution >= 0.6 is 11.3 Å². The Morgan fingerprint density at radius 3 is 2.89 bits per heavy atom. The number of rotatable bonds is 3. The minimum atomic E-state index is -0.483. The highest BCUT2D eigenvalue weighted by Crippen LogP contribution is 2.32. The lowest BCUT2D eigenvalue weighted by atomic mass is 10.1. The van der Waals surface area contributed by atoms with Crippen LogP contribution in [0.2, 0.25) is 0 Å². The Bertz CT molecular complexity index is 972. The molecule has 3 aromatic rings. The highest BCUT2D eigenvalue weighted by Gasteiger charge is 2.28. The molecule has 1 N–H and O–H groups in total. The molecule has 0 aliphatic carbocycles. The van der Waals surface area contributed by atoms with Crippen LogP contribution in [0.15, 0.2) is 42.5 Å². The molecule has 1 amide bonds. The number of carbonyl (C=O) groups excluding carboxylic acids is 1. The van der Waals surface area contributed by atoms with E-state index >= 15 is 0 Å². The van der Waals surface area contributed by atoms with Gasteiger partial charge in [0.05, 0.1) is 23.4 Å². The van der Waals surface area contributed by atoms with Crippen molar-refractivity contribution in [3.8, 4) is 5.75 Å². The number of hydrogen-bond acceptors (Lipinski definition) is 6. The number of anilines is 2. The summed E-state index contributed by atoms with van der Waals surface area (Å²) in [7, 11) is 0. The average Bonchev–Trinajstić information content (AvgIpc) is 3.32. The molecule has 2 aliphatic rings. The maximum atomic E-state index is 12.6. The van der Waals surface area contributed by atoms with Crippen LogP contribution in [0.4, 0.5) is 10.8 Å². The zero-order chi connectivity index (χ0) is 18.2. The Balaban J connectivity index is 1.31. The van der Waals surface area contributed by atoms with Gasteiger partial charge < -0.3 is 19.7 Å². The van der Waals surface area contributed by atoms with E-state index in [2.05, 4.69) is 10.2 Å². The average molecular weight is 381 g/mol. The van der Waals surface area contributed by atoms with Gasteiger partial charge in [-0.25, -0.2) is 4.98 Å². The van der Waals surface area contributed by atoms with Gasteiger partial charge in [0.15, 0.2) is 11.2 Å². The molecule has 2 aromatic carbocycles.